The normalized spacial score (nSPS) is 11.1. The lowest BCUT2D eigenvalue weighted by Crippen LogP contribution is -2.39. The highest BCUT2D eigenvalue weighted by Crippen LogP contribution is 2.28. The fourth-order valence-corrected chi connectivity index (χ4v) is 2.89. The molecular formula is C24H23ClN2O5. The molecule has 166 valence electrons. The smallest absolute Gasteiger partial charge is 0.310 e. The molecule has 0 bridgehead atoms. The molecule has 7 nitrogen and oxygen atoms in total. The van der Waals surface area contributed by atoms with Crippen LogP contribution in [0.4, 0.5) is 0 Å². The van der Waals surface area contributed by atoms with Crippen LogP contribution in [0.2, 0.25) is 5.02 Å². The van der Waals surface area contributed by atoms with Gasteiger partial charge < -0.3 is 20.3 Å². The topological polar surface area (TPSA) is 109 Å². The molecule has 1 heterocycles. The monoisotopic (exact) mass is 454 g/mol. The van der Waals surface area contributed by atoms with Crippen molar-refractivity contribution in [2.75, 3.05) is 6.54 Å². The predicted octanol–water partition coefficient (Wildman–Crippen LogP) is 4.53. The number of rotatable bonds is 8. The quantitative estimate of drug-likeness (QED) is 0.461. The first-order chi connectivity index (χ1) is 15.2. The standard InChI is InChI=1S/C24H23ClN2O5/c1-24(2,23(30)31)14-27-22(29)21-20(28)11-17(12-26-21)16-4-3-5-19(10-16)32-13-15-6-8-18(25)9-7-15/h3-12,28H,13-14H2,1-2H3,(H,27,29)(H,30,31). The number of aromatic nitrogens is 1. The minimum atomic E-state index is -1.14. The fraction of sp³-hybridized carbons (Fsp3) is 0.208. The third kappa shape index (κ3) is 5.76. The zero-order valence-corrected chi connectivity index (χ0v) is 18.4. The van der Waals surface area contributed by atoms with E-state index in [1.54, 1.807) is 12.1 Å². The lowest BCUT2D eigenvalue weighted by atomic mass is 9.94. The van der Waals surface area contributed by atoms with Crippen molar-refractivity contribution < 1.29 is 24.5 Å². The van der Waals surface area contributed by atoms with Crippen molar-refractivity contribution in [2.45, 2.75) is 20.5 Å². The van der Waals surface area contributed by atoms with Gasteiger partial charge in [0.1, 0.15) is 18.1 Å². The number of hydrogen-bond acceptors (Lipinski definition) is 5. The number of amides is 1. The van der Waals surface area contributed by atoms with E-state index in [1.807, 2.05) is 36.4 Å². The number of hydrogen-bond donors (Lipinski definition) is 3. The van der Waals surface area contributed by atoms with Gasteiger partial charge in [-0.1, -0.05) is 35.9 Å². The van der Waals surface area contributed by atoms with Gasteiger partial charge in [-0.05, 0) is 55.3 Å². The lowest BCUT2D eigenvalue weighted by Gasteiger charge is -2.19. The van der Waals surface area contributed by atoms with Crippen molar-refractivity contribution in [1.29, 1.82) is 0 Å². The van der Waals surface area contributed by atoms with Crippen molar-refractivity contribution >= 4 is 23.5 Å². The van der Waals surface area contributed by atoms with E-state index in [-0.39, 0.29) is 18.0 Å². The fourth-order valence-electron chi connectivity index (χ4n) is 2.76. The molecule has 3 N–H and O–H groups in total. The highest BCUT2D eigenvalue weighted by molar-refractivity contribution is 6.30. The first-order valence-corrected chi connectivity index (χ1v) is 10.2. The Hall–Kier alpha value is -3.58. The number of carboxylic acids is 1. The molecule has 0 aliphatic rings. The molecule has 0 spiro atoms. The minimum Gasteiger partial charge on any atom is -0.505 e. The second-order valence-corrected chi connectivity index (χ2v) is 8.34. The first-order valence-electron chi connectivity index (χ1n) is 9.84. The second kappa shape index (κ2) is 9.70. The Morgan fingerprint density at radius 3 is 2.47 bits per heavy atom. The number of halogens is 1. The van der Waals surface area contributed by atoms with Gasteiger partial charge in [-0.15, -0.1) is 0 Å². The lowest BCUT2D eigenvalue weighted by molar-refractivity contribution is -0.146. The molecule has 8 heteroatoms. The van der Waals surface area contributed by atoms with Gasteiger partial charge in [0.15, 0.2) is 5.69 Å². The molecule has 0 unspecified atom stereocenters. The number of aliphatic carboxylic acids is 1. The first kappa shape index (κ1) is 23.1. The van der Waals surface area contributed by atoms with Gasteiger partial charge in [-0.2, -0.15) is 0 Å². The average Bonchev–Trinajstić information content (AvgIpc) is 2.77. The van der Waals surface area contributed by atoms with Gasteiger partial charge in [-0.25, -0.2) is 4.98 Å². The van der Waals surface area contributed by atoms with Crippen molar-refractivity contribution in [1.82, 2.24) is 10.3 Å². The molecule has 0 saturated carbocycles. The molecule has 0 aliphatic heterocycles. The third-order valence-corrected chi connectivity index (χ3v) is 5.09. The summed E-state index contributed by atoms with van der Waals surface area (Å²) >= 11 is 5.90. The van der Waals surface area contributed by atoms with Crippen LogP contribution < -0.4 is 10.1 Å². The third-order valence-electron chi connectivity index (χ3n) is 4.84. The van der Waals surface area contributed by atoms with Gasteiger partial charge >= 0.3 is 5.97 Å². The maximum Gasteiger partial charge on any atom is 0.310 e. The van der Waals surface area contributed by atoms with Crippen molar-refractivity contribution in [3.05, 3.63) is 77.1 Å². The zero-order chi connectivity index (χ0) is 23.3. The van der Waals surface area contributed by atoms with E-state index in [0.717, 1.165) is 11.1 Å². The molecule has 3 aromatic rings. The molecule has 0 atom stereocenters. The molecular weight excluding hydrogens is 432 g/mol. The number of benzene rings is 2. The number of carbonyl (C=O) groups excluding carboxylic acids is 1. The number of aromatic hydroxyl groups is 1. The van der Waals surface area contributed by atoms with E-state index in [0.29, 0.717) is 22.9 Å². The van der Waals surface area contributed by atoms with Crippen molar-refractivity contribution in [3.63, 3.8) is 0 Å². The van der Waals surface area contributed by atoms with Crippen LogP contribution in [0, 0.1) is 5.41 Å². The summed E-state index contributed by atoms with van der Waals surface area (Å²) in [4.78, 5) is 27.6. The second-order valence-electron chi connectivity index (χ2n) is 7.91. The Morgan fingerprint density at radius 2 is 1.81 bits per heavy atom. The molecule has 2 aromatic carbocycles. The maximum absolute atomic E-state index is 12.3. The SMILES string of the molecule is CC(C)(CNC(=O)c1ncc(-c2cccc(OCc3ccc(Cl)cc3)c2)cc1O)C(=O)O. The highest BCUT2D eigenvalue weighted by Gasteiger charge is 2.28. The summed E-state index contributed by atoms with van der Waals surface area (Å²) < 4.78 is 5.83. The van der Waals surface area contributed by atoms with Crippen LogP contribution in [0.3, 0.4) is 0 Å². The predicted molar refractivity (Wildman–Crippen MR) is 121 cm³/mol. The molecule has 0 aliphatic carbocycles. The summed E-state index contributed by atoms with van der Waals surface area (Å²) in [5.74, 6) is -1.36. The summed E-state index contributed by atoms with van der Waals surface area (Å²) in [5, 5.41) is 22.6. The molecule has 0 fully saturated rings. The zero-order valence-electron chi connectivity index (χ0n) is 17.6. The van der Waals surface area contributed by atoms with Gasteiger partial charge in [0.25, 0.3) is 5.91 Å². The van der Waals surface area contributed by atoms with Crippen molar-refractivity contribution in [2.24, 2.45) is 5.41 Å². The van der Waals surface area contributed by atoms with Crippen LogP contribution in [0.5, 0.6) is 11.5 Å². The molecule has 32 heavy (non-hydrogen) atoms. The Kier molecular flexibility index (Phi) is 7.00. The number of carbonyl (C=O) groups is 2. The van der Waals surface area contributed by atoms with E-state index < -0.39 is 17.3 Å². The van der Waals surface area contributed by atoms with Gasteiger partial charge in [-0.3, -0.25) is 9.59 Å². The van der Waals surface area contributed by atoms with Crippen LogP contribution in [0.15, 0.2) is 60.8 Å². The van der Waals surface area contributed by atoms with E-state index in [4.69, 9.17) is 21.4 Å². The Morgan fingerprint density at radius 1 is 1.09 bits per heavy atom. The van der Waals surface area contributed by atoms with E-state index in [1.165, 1.54) is 26.1 Å². The van der Waals surface area contributed by atoms with Gasteiger partial charge in [0, 0.05) is 23.3 Å². The van der Waals surface area contributed by atoms with E-state index in [2.05, 4.69) is 10.3 Å². The Balaban J connectivity index is 1.70. The Bertz CT molecular complexity index is 1130. The summed E-state index contributed by atoms with van der Waals surface area (Å²) in [6.07, 6.45) is 1.47. The molecule has 0 radical (unpaired) electrons. The van der Waals surface area contributed by atoms with Crippen LogP contribution in [0.1, 0.15) is 29.9 Å². The van der Waals surface area contributed by atoms with E-state index >= 15 is 0 Å². The number of carboxylic acid groups (broad SMARTS) is 1. The summed E-state index contributed by atoms with van der Waals surface area (Å²) in [5.41, 5.74) is 1.00. The van der Waals surface area contributed by atoms with Crippen LogP contribution in [0.25, 0.3) is 11.1 Å². The number of nitrogens with one attached hydrogen (secondary N) is 1. The largest absolute Gasteiger partial charge is 0.505 e. The summed E-state index contributed by atoms with van der Waals surface area (Å²) in [7, 11) is 0. The number of ether oxygens (including phenoxy) is 1. The maximum atomic E-state index is 12.3. The summed E-state index contributed by atoms with van der Waals surface area (Å²) in [6.45, 7) is 3.26. The summed E-state index contributed by atoms with van der Waals surface area (Å²) in [6, 6.07) is 16.1. The van der Waals surface area contributed by atoms with Crippen LogP contribution in [-0.2, 0) is 11.4 Å². The number of nitrogens with zero attached hydrogens (tertiary/aromatic N) is 1. The molecule has 0 saturated heterocycles. The average molecular weight is 455 g/mol. The Labute approximate surface area is 190 Å². The molecule has 1 aromatic heterocycles. The highest BCUT2D eigenvalue weighted by atomic mass is 35.5. The van der Waals surface area contributed by atoms with Crippen molar-refractivity contribution in [3.8, 4) is 22.6 Å². The van der Waals surface area contributed by atoms with Gasteiger partial charge in [0.05, 0.1) is 5.41 Å². The molecule has 3 rings (SSSR count). The van der Waals surface area contributed by atoms with Gasteiger partial charge in [0.2, 0.25) is 0 Å². The van der Waals surface area contributed by atoms with Crippen LogP contribution >= 0.6 is 11.6 Å². The van der Waals surface area contributed by atoms with E-state index in [9.17, 15) is 14.7 Å². The van der Waals surface area contributed by atoms with Crippen LogP contribution in [-0.4, -0.2) is 33.6 Å². The molecule has 1 amide bonds. The minimum absolute atomic E-state index is 0.100. The number of pyridine rings is 1.